The largest absolute Gasteiger partial charge is 0.321 e. The SMILES string of the molecule is CC(CC(=O)Cn1cnc2cccc(F)c21)c1ccc(C(C)(C)C#N)cc1. The lowest BCUT2D eigenvalue weighted by atomic mass is 9.84. The Hall–Kier alpha value is -3.00. The van der Waals surface area contributed by atoms with Gasteiger partial charge in [-0.25, -0.2) is 9.37 Å². The summed E-state index contributed by atoms with van der Waals surface area (Å²) in [6.45, 7) is 5.85. The molecule has 5 heteroatoms. The first kappa shape index (κ1) is 18.8. The number of hydrogen-bond acceptors (Lipinski definition) is 3. The first-order chi connectivity index (χ1) is 12.8. The van der Waals surface area contributed by atoms with Gasteiger partial charge in [0.15, 0.2) is 5.78 Å². The van der Waals surface area contributed by atoms with Crippen molar-refractivity contribution in [3.05, 3.63) is 65.7 Å². The number of rotatable bonds is 6. The third kappa shape index (κ3) is 3.90. The molecule has 4 nitrogen and oxygen atoms in total. The second kappa shape index (κ2) is 7.32. The Bertz CT molecular complexity index is 1010. The van der Waals surface area contributed by atoms with E-state index in [4.69, 9.17) is 0 Å². The normalized spacial score (nSPS) is 12.7. The van der Waals surface area contributed by atoms with Crippen molar-refractivity contribution < 1.29 is 9.18 Å². The van der Waals surface area contributed by atoms with Crippen molar-refractivity contribution in [3.63, 3.8) is 0 Å². The number of hydrogen-bond donors (Lipinski definition) is 0. The number of Topliss-reactive ketones (excluding diaryl/α,β-unsaturated/α-hetero) is 1. The lowest BCUT2D eigenvalue weighted by Crippen LogP contribution is -2.14. The number of aromatic nitrogens is 2. The standard InChI is InChI=1S/C22H22FN3O/c1-15(16-7-9-17(10-8-16)22(2,3)13-24)11-18(27)12-26-14-25-20-6-4-5-19(23)21(20)26/h4-10,14-15H,11-12H2,1-3H3. The van der Waals surface area contributed by atoms with Gasteiger partial charge in [0.1, 0.15) is 11.3 Å². The van der Waals surface area contributed by atoms with E-state index in [1.807, 2.05) is 45.0 Å². The Morgan fingerprint density at radius 3 is 2.63 bits per heavy atom. The lowest BCUT2D eigenvalue weighted by Gasteiger charge is -2.17. The van der Waals surface area contributed by atoms with Crippen LogP contribution < -0.4 is 0 Å². The predicted octanol–water partition coefficient (Wildman–Crippen LogP) is 4.74. The molecule has 0 bridgehead atoms. The average molecular weight is 363 g/mol. The number of nitrogens with zero attached hydrogens (tertiary/aromatic N) is 3. The van der Waals surface area contributed by atoms with Gasteiger partial charge in [-0.2, -0.15) is 5.26 Å². The molecule has 0 saturated carbocycles. The Balaban J connectivity index is 1.70. The zero-order chi connectivity index (χ0) is 19.6. The second-order valence-electron chi connectivity index (χ2n) is 7.48. The number of halogens is 1. The molecule has 1 aromatic heterocycles. The highest BCUT2D eigenvalue weighted by Crippen LogP contribution is 2.26. The molecule has 0 aliphatic heterocycles. The highest BCUT2D eigenvalue weighted by Gasteiger charge is 2.20. The van der Waals surface area contributed by atoms with Crippen molar-refractivity contribution in [3.8, 4) is 6.07 Å². The molecule has 0 radical (unpaired) electrons. The fourth-order valence-electron chi connectivity index (χ4n) is 3.21. The molecule has 3 rings (SSSR count). The van der Waals surface area contributed by atoms with Crippen LogP contribution in [0, 0.1) is 17.1 Å². The van der Waals surface area contributed by atoms with E-state index in [0.717, 1.165) is 11.1 Å². The van der Waals surface area contributed by atoms with Crippen LogP contribution in [0.3, 0.4) is 0 Å². The smallest absolute Gasteiger partial charge is 0.153 e. The monoisotopic (exact) mass is 363 g/mol. The maximum atomic E-state index is 14.0. The van der Waals surface area contributed by atoms with Crippen molar-refractivity contribution in [2.75, 3.05) is 0 Å². The molecule has 0 spiro atoms. The van der Waals surface area contributed by atoms with E-state index < -0.39 is 5.41 Å². The number of imidazole rings is 1. The van der Waals surface area contributed by atoms with Gasteiger partial charge in [0.05, 0.1) is 29.9 Å². The maximum Gasteiger partial charge on any atom is 0.153 e. The van der Waals surface area contributed by atoms with Crippen LogP contribution in [-0.4, -0.2) is 15.3 Å². The number of carbonyl (C=O) groups is 1. The number of nitriles is 1. The van der Waals surface area contributed by atoms with Gasteiger partial charge in [0.2, 0.25) is 0 Å². The highest BCUT2D eigenvalue weighted by molar-refractivity contribution is 5.82. The molecule has 3 aromatic rings. The summed E-state index contributed by atoms with van der Waals surface area (Å²) in [6.07, 6.45) is 1.87. The van der Waals surface area contributed by atoms with E-state index in [1.54, 1.807) is 16.7 Å². The third-order valence-corrected chi connectivity index (χ3v) is 4.95. The molecule has 0 aliphatic rings. The van der Waals surface area contributed by atoms with Crippen LogP contribution in [0.15, 0.2) is 48.8 Å². The van der Waals surface area contributed by atoms with Crippen molar-refractivity contribution in [1.82, 2.24) is 9.55 Å². The van der Waals surface area contributed by atoms with Gasteiger partial charge < -0.3 is 4.57 Å². The number of para-hydroxylation sites is 1. The summed E-state index contributed by atoms with van der Waals surface area (Å²) in [4.78, 5) is 16.7. The van der Waals surface area contributed by atoms with E-state index >= 15 is 0 Å². The van der Waals surface area contributed by atoms with Crippen LogP contribution in [-0.2, 0) is 16.8 Å². The minimum atomic E-state index is -0.538. The first-order valence-corrected chi connectivity index (χ1v) is 8.94. The summed E-state index contributed by atoms with van der Waals surface area (Å²) < 4.78 is 15.6. The highest BCUT2D eigenvalue weighted by atomic mass is 19.1. The molecule has 27 heavy (non-hydrogen) atoms. The maximum absolute atomic E-state index is 14.0. The van der Waals surface area contributed by atoms with Crippen LogP contribution in [0.5, 0.6) is 0 Å². The molecule has 1 atom stereocenters. The van der Waals surface area contributed by atoms with E-state index in [9.17, 15) is 14.4 Å². The lowest BCUT2D eigenvalue weighted by molar-refractivity contribution is -0.119. The number of ketones is 1. The van der Waals surface area contributed by atoms with E-state index in [-0.39, 0.29) is 24.1 Å². The molecule has 0 fully saturated rings. The van der Waals surface area contributed by atoms with Crippen molar-refractivity contribution in [2.24, 2.45) is 0 Å². The average Bonchev–Trinajstić information content (AvgIpc) is 3.05. The molecule has 138 valence electrons. The van der Waals surface area contributed by atoms with Crippen LogP contribution in [0.1, 0.15) is 44.2 Å². The predicted molar refractivity (Wildman–Crippen MR) is 103 cm³/mol. The molecule has 0 aliphatic carbocycles. The minimum absolute atomic E-state index is 0.0199. The first-order valence-electron chi connectivity index (χ1n) is 8.94. The Kier molecular flexibility index (Phi) is 5.09. The fourth-order valence-corrected chi connectivity index (χ4v) is 3.21. The molecule has 0 N–H and O–H groups in total. The van der Waals surface area contributed by atoms with Crippen LogP contribution in [0.4, 0.5) is 4.39 Å². The summed E-state index contributed by atoms with van der Waals surface area (Å²) in [5.41, 5.74) is 2.37. The third-order valence-electron chi connectivity index (χ3n) is 4.95. The molecule has 0 saturated heterocycles. The van der Waals surface area contributed by atoms with E-state index in [0.29, 0.717) is 17.5 Å². The van der Waals surface area contributed by atoms with E-state index in [2.05, 4.69) is 11.1 Å². The van der Waals surface area contributed by atoms with Crippen LogP contribution in [0.2, 0.25) is 0 Å². The summed E-state index contributed by atoms with van der Waals surface area (Å²) >= 11 is 0. The van der Waals surface area contributed by atoms with Gasteiger partial charge in [-0.3, -0.25) is 4.79 Å². The topological polar surface area (TPSA) is 58.7 Å². The quantitative estimate of drug-likeness (QED) is 0.635. The van der Waals surface area contributed by atoms with Crippen LogP contribution in [0.25, 0.3) is 11.0 Å². The zero-order valence-corrected chi connectivity index (χ0v) is 15.7. The number of fused-ring (bicyclic) bond motifs is 1. The van der Waals surface area contributed by atoms with Gasteiger partial charge >= 0.3 is 0 Å². The van der Waals surface area contributed by atoms with Crippen molar-refractivity contribution >= 4 is 16.8 Å². The molecule has 2 aromatic carbocycles. The summed E-state index contributed by atoms with van der Waals surface area (Å²) in [5, 5.41) is 9.23. The number of benzene rings is 2. The Morgan fingerprint density at radius 1 is 1.26 bits per heavy atom. The zero-order valence-electron chi connectivity index (χ0n) is 15.7. The van der Waals surface area contributed by atoms with Crippen molar-refractivity contribution in [1.29, 1.82) is 5.26 Å². The van der Waals surface area contributed by atoms with Gasteiger partial charge in [-0.05, 0) is 43.0 Å². The molecule has 1 unspecified atom stereocenters. The summed E-state index contributed by atoms with van der Waals surface area (Å²) in [7, 11) is 0. The van der Waals surface area contributed by atoms with Gasteiger partial charge in [0, 0.05) is 6.42 Å². The molecule has 1 heterocycles. The summed E-state index contributed by atoms with van der Waals surface area (Å²) in [6, 6.07) is 14.8. The Labute approximate surface area is 158 Å². The van der Waals surface area contributed by atoms with Crippen LogP contribution >= 0.6 is 0 Å². The Morgan fingerprint density at radius 2 is 1.96 bits per heavy atom. The second-order valence-corrected chi connectivity index (χ2v) is 7.48. The molecular formula is C22H22FN3O. The molecular weight excluding hydrogens is 341 g/mol. The number of carbonyl (C=O) groups excluding carboxylic acids is 1. The van der Waals surface area contributed by atoms with Gasteiger partial charge in [-0.1, -0.05) is 37.3 Å². The summed E-state index contributed by atoms with van der Waals surface area (Å²) in [5.74, 6) is -0.315. The fraction of sp³-hybridized carbons (Fsp3) is 0.318. The van der Waals surface area contributed by atoms with Gasteiger partial charge in [-0.15, -0.1) is 0 Å². The van der Waals surface area contributed by atoms with Crippen molar-refractivity contribution in [2.45, 2.75) is 45.1 Å². The van der Waals surface area contributed by atoms with E-state index in [1.165, 1.54) is 12.4 Å². The molecule has 0 amide bonds. The minimum Gasteiger partial charge on any atom is -0.321 e. The van der Waals surface area contributed by atoms with Gasteiger partial charge in [0.25, 0.3) is 0 Å².